The summed E-state index contributed by atoms with van der Waals surface area (Å²) in [6.45, 7) is 2.82. The molecule has 0 saturated carbocycles. The van der Waals surface area contributed by atoms with Crippen molar-refractivity contribution in [2.24, 2.45) is 0 Å². The van der Waals surface area contributed by atoms with Crippen molar-refractivity contribution >= 4 is 5.82 Å². The summed E-state index contributed by atoms with van der Waals surface area (Å²) in [5, 5.41) is 8.04. The molecule has 2 aromatic rings. The molecule has 0 radical (unpaired) electrons. The van der Waals surface area contributed by atoms with Gasteiger partial charge in [-0.25, -0.2) is 19.6 Å². The predicted molar refractivity (Wildman–Crippen MR) is 74.5 cm³/mol. The van der Waals surface area contributed by atoms with E-state index in [4.69, 9.17) is 0 Å². The number of nitrogens with zero attached hydrogens (tertiary/aromatic N) is 5. The van der Waals surface area contributed by atoms with Crippen molar-refractivity contribution in [1.29, 1.82) is 0 Å². The Morgan fingerprint density at radius 3 is 3.15 bits per heavy atom. The van der Waals surface area contributed by atoms with Gasteiger partial charge in [-0.3, -0.25) is 0 Å². The lowest BCUT2D eigenvalue weighted by atomic mass is 10.1. The van der Waals surface area contributed by atoms with Gasteiger partial charge in [0.2, 0.25) is 0 Å². The summed E-state index contributed by atoms with van der Waals surface area (Å²) in [6, 6.07) is 0.378. The maximum absolute atomic E-state index is 4.45. The summed E-state index contributed by atoms with van der Waals surface area (Å²) in [4.78, 5) is 13.3. The lowest BCUT2D eigenvalue weighted by molar-refractivity contribution is 0.440. The molecular formula is C14H18N6. The molecule has 0 bridgehead atoms. The van der Waals surface area contributed by atoms with Gasteiger partial charge in [0.25, 0.3) is 0 Å². The predicted octanol–water partition coefficient (Wildman–Crippen LogP) is 1.29. The molecule has 2 aliphatic rings. The number of anilines is 1. The molecule has 4 rings (SSSR count). The van der Waals surface area contributed by atoms with E-state index >= 15 is 0 Å². The van der Waals surface area contributed by atoms with Crippen LogP contribution in [-0.2, 0) is 25.8 Å². The molecule has 0 amide bonds. The van der Waals surface area contributed by atoms with Gasteiger partial charge in [0.1, 0.15) is 23.8 Å². The second-order valence-corrected chi connectivity index (χ2v) is 5.64. The molecule has 0 unspecified atom stereocenters. The van der Waals surface area contributed by atoms with Crippen molar-refractivity contribution in [2.75, 3.05) is 5.32 Å². The van der Waals surface area contributed by atoms with Gasteiger partial charge >= 0.3 is 0 Å². The first kappa shape index (κ1) is 11.8. The van der Waals surface area contributed by atoms with Gasteiger partial charge < -0.3 is 5.32 Å². The standard InChI is InChI=1S/C14H18N6/c1-9-17-13-6-5-10(7-20(13)19-9)18-14-11-3-2-4-12(11)15-8-16-14/h8,10H,2-7H2,1H3,(H,15,16,18)/t10-/m1/s1. The van der Waals surface area contributed by atoms with Crippen molar-refractivity contribution in [1.82, 2.24) is 24.7 Å². The fourth-order valence-electron chi connectivity index (χ4n) is 3.23. The quantitative estimate of drug-likeness (QED) is 0.890. The van der Waals surface area contributed by atoms with E-state index in [1.54, 1.807) is 6.33 Å². The van der Waals surface area contributed by atoms with Crippen LogP contribution in [0.4, 0.5) is 5.82 Å². The number of aromatic nitrogens is 5. The fraction of sp³-hybridized carbons (Fsp3) is 0.571. The van der Waals surface area contributed by atoms with E-state index in [1.807, 2.05) is 11.6 Å². The molecule has 0 fully saturated rings. The summed E-state index contributed by atoms with van der Waals surface area (Å²) < 4.78 is 2.03. The zero-order valence-corrected chi connectivity index (χ0v) is 11.6. The molecule has 104 valence electrons. The zero-order chi connectivity index (χ0) is 13.5. The molecule has 0 spiro atoms. The first-order valence-corrected chi connectivity index (χ1v) is 7.29. The van der Waals surface area contributed by atoms with Crippen LogP contribution in [0.5, 0.6) is 0 Å². The second-order valence-electron chi connectivity index (χ2n) is 5.64. The van der Waals surface area contributed by atoms with Gasteiger partial charge in [0, 0.05) is 23.7 Å². The number of hydrogen-bond donors (Lipinski definition) is 1. The Morgan fingerprint density at radius 1 is 1.25 bits per heavy atom. The molecule has 1 aliphatic carbocycles. The topological polar surface area (TPSA) is 68.5 Å². The molecule has 6 nitrogen and oxygen atoms in total. The highest BCUT2D eigenvalue weighted by Crippen LogP contribution is 2.26. The van der Waals surface area contributed by atoms with Crippen LogP contribution in [0.25, 0.3) is 0 Å². The molecule has 20 heavy (non-hydrogen) atoms. The number of rotatable bonds is 2. The maximum atomic E-state index is 4.45. The molecule has 1 atom stereocenters. The number of fused-ring (bicyclic) bond motifs is 2. The van der Waals surface area contributed by atoms with Gasteiger partial charge in [-0.05, 0) is 32.6 Å². The number of hydrogen-bond acceptors (Lipinski definition) is 5. The third kappa shape index (κ3) is 1.95. The normalized spacial score (nSPS) is 20.6. The summed E-state index contributed by atoms with van der Waals surface area (Å²) in [7, 11) is 0. The van der Waals surface area contributed by atoms with Crippen LogP contribution < -0.4 is 5.32 Å². The van der Waals surface area contributed by atoms with E-state index in [0.29, 0.717) is 6.04 Å². The van der Waals surface area contributed by atoms with Crippen LogP contribution in [0.15, 0.2) is 6.33 Å². The van der Waals surface area contributed by atoms with E-state index in [0.717, 1.165) is 49.7 Å². The van der Waals surface area contributed by atoms with Crippen molar-refractivity contribution in [3.63, 3.8) is 0 Å². The summed E-state index contributed by atoms with van der Waals surface area (Å²) in [5.74, 6) is 3.00. The molecule has 6 heteroatoms. The van der Waals surface area contributed by atoms with Crippen molar-refractivity contribution in [2.45, 2.75) is 51.6 Å². The second kappa shape index (κ2) is 4.54. The molecule has 2 aromatic heterocycles. The van der Waals surface area contributed by atoms with Crippen LogP contribution >= 0.6 is 0 Å². The van der Waals surface area contributed by atoms with Crippen molar-refractivity contribution in [3.05, 3.63) is 29.2 Å². The monoisotopic (exact) mass is 270 g/mol. The third-order valence-corrected chi connectivity index (χ3v) is 4.18. The Bertz CT molecular complexity index is 647. The maximum Gasteiger partial charge on any atom is 0.147 e. The van der Waals surface area contributed by atoms with E-state index in [2.05, 4.69) is 25.4 Å². The highest BCUT2D eigenvalue weighted by molar-refractivity contribution is 5.48. The van der Waals surface area contributed by atoms with E-state index in [1.165, 1.54) is 17.7 Å². The van der Waals surface area contributed by atoms with Gasteiger partial charge in [-0.15, -0.1) is 0 Å². The summed E-state index contributed by atoms with van der Waals surface area (Å²) in [6.07, 6.45) is 7.12. The molecule has 0 aromatic carbocycles. The minimum absolute atomic E-state index is 0.378. The summed E-state index contributed by atoms with van der Waals surface area (Å²) in [5.41, 5.74) is 2.53. The van der Waals surface area contributed by atoms with Gasteiger partial charge in [0.05, 0.1) is 6.54 Å². The Balaban J connectivity index is 1.55. The molecule has 0 saturated heterocycles. The fourth-order valence-corrected chi connectivity index (χ4v) is 3.23. The molecule has 1 N–H and O–H groups in total. The van der Waals surface area contributed by atoms with E-state index in [-0.39, 0.29) is 0 Å². The minimum Gasteiger partial charge on any atom is -0.365 e. The highest BCUT2D eigenvalue weighted by atomic mass is 15.4. The van der Waals surface area contributed by atoms with Crippen LogP contribution in [0.2, 0.25) is 0 Å². The average molecular weight is 270 g/mol. The van der Waals surface area contributed by atoms with E-state index in [9.17, 15) is 0 Å². The largest absolute Gasteiger partial charge is 0.365 e. The Hall–Kier alpha value is -1.98. The smallest absolute Gasteiger partial charge is 0.147 e. The van der Waals surface area contributed by atoms with Crippen molar-refractivity contribution < 1.29 is 0 Å². The van der Waals surface area contributed by atoms with E-state index < -0.39 is 0 Å². The Kier molecular flexibility index (Phi) is 2.68. The number of nitrogens with one attached hydrogen (secondary N) is 1. The zero-order valence-electron chi connectivity index (χ0n) is 11.6. The van der Waals surface area contributed by atoms with Crippen LogP contribution in [0, 0.1) is 6.92 Å². The van der Waals surface area contributed by atoms with Gasteiger partial charge in [-0.1, -0.05) is 0 Å². The SMILES string of the molecule is Cc1nc2n(n1)C[C@H](Nc1ncnc3c1CCC3)CC2. The third-order valence-electron chi connectivity index (χ3n) is 4.18. The van der Waals surface area contributed by atoms with Crippen LogP contribution in [-0.4, -0.2) is 30.8 Å². The first-order valence-electron chi connectivity index (χ1n) is 7.29. The lowest BCUT2D eigenvalue weighted by Crippen LogP contribution is -2.32. The summed E-state index contributed by atoms with van der Waals surface area (Å²) >= 11 is 0. The Labute approximate surface area is 117 Å². The Morgan fingerprint density at radius 2 is 2.20 bits per heavy atom. The average Bonchev–Trinajstić information content (AvgIpc) is 3.03. The highest BCUT2D eigenvalue weighted by Gasteiger charge is 2.23. The van der Waals surface area contributed by atoms with Gasteiger partial charge in [0.15, 0.2) is 0 Å². The first-order chi connectivity index (χ1) is 9.79. The van der Waals surface area contributed by atoms with Gasteiger partial charge in [-0.2, -0.15) is 5.10 Å². The minimum atomic E-state index is 0.378. The van der Waals surface area contributed by atoms with Crippen LogP contribution in [0.3, 0.4) is 0 Å². The number of aryl methyl sites for hydroxylation is 3. The van der Waals surface area contributed by atoms with Crippen molar-refractivity contribution in [3.8, 4) is 0 Å². The molecule has 1 aliphatic heterocycles. The molecular weight excluding hydrogens is 252 g/mol. The molecule has 3 heterocycles. The van der Waals surface area contributed by atoms with Crippen LogP contribution in [0.1, 0.15) is 35.7 Å². The lowest BCUT2D eigenvalue weighted by Gasteiger charge is -2.24.